The monoisotopic (exact) mass is 287 g/mol. The lowest BCUT2D eigenvalue weighted by Crippen LogP contribution is -2.32. The first-order valence-corrected chi connectivity index (χ1v) is 7.03. The number of phenols is 2. The smallest absolute Gasteiger partial charge is 0.115 e. The summed E-state index contributed by atoms with van der Waals surface area (Å²) in [6, 6.07) is 13.9. The summed E-state index contributed by atoms with van der Waals surface area (Å²) >= 11 is 0. The Balaban J connectivity index is 1.81. The van der Waals surface area contributed by atoms with Gasteiger partial charge in [-0.3, -0.25) is 0 Å². The molecule has 2 unspecified atom stereocenters. The van der Waals surface area contributed by atoms with Crippen molar-refractivity contribution in [1.29, 1.82) is 0 Å². The number of rotatable bonds is 6. The number of benzene rings is 2. The van der Waals surface area contributed by atoms with Crippen LogP contribution in [0, 0.1) is 0 Å². The van der Waals surface area contributed by atoms with E-state index in [0.29, 0.717) is 6.54 Å². The molecule has 4 nitrogen and oxygen atoms in total. The quantitative estimate of drug-likeness (QED) is 0.658. The standard InChI is InChI=1S/C17H21NO3/c1-12(10-13-2-6-15(19)7-3-13)18-11-17(21)14-4-8-16(20)9-5-14/h2-9,12,17-21H,10-11H2,1H3. The van der Waals surface area contributed by atoms with Gasteiger partial charge in [-0.25, -0.2) is 0 Å². The van der Waals surface area contributed by atoms with Gasteiger partial charge in [-0.2, -0.15) is 0 Å². The molecule has 112 valence electrons. The molecular formula is C17H21NO3. The Hall–Kier alpha value is -2.04. The minimum atomic E-state index is -0.604. The van der Waals surface area contributed by atoms with Crippen LogP contribution in [0.1, 0.15) is 24.2 Å². The van der Waals surface area contributed by atoms with Gasteiger partial charge < -0.3 is 20.6 Å². The number of aliphatic hydroxyl groups is 1. The van der Waals surface area contributed by atoms with Crippen LogP contribution in [-0.4, -0.2) is 27.9 Å². The van der Waals surface area contributed by atoms with E-state index in [1.165, 1.54) is 0 Å². The lowest BCUT2D eigenvalue weighted by Gasteiger charge is -2.17. The van der Waals surface area contributed by atoms with Crippen molar-refractivity contribution >= 4 is 0 Å². The second kappa shape index (κ2) is 7.11. The van der Waals surface area contributed by atoms with Gasteiger partial charge in [0.1, 0.15) is 11.5 Å². The highest BCUT2D eigenvalue weighted by molar-refractivity contribution is 5.28. The first-order valence-electron chi connectivity index (χ1n) is 7.03. The molecule has 0 aliphatic carbocycles. The Morgan fingerprint density at radius 1 is 0.905 bits per heavy atom. The Labute approximate surface area is 124 Å². The van der Waals surface area contributed by atoms with Crippen LogP contribution in [0.15, 0.2) is 48.5 Å². The van der Waals surface area contributed by atoms with Crippen molar-refractivity contribution in [3.63, 3.8) is 0 Å². The van der Waals surface area contributed by atoms with Gasteiger partial charge >= 0.3 is 0 Å². The molecule has 0 heterocycles. The fourth-order valence-electron chi connectivity index (χ4n) is 2.18. The van der Waals surface area contributed by atoms with Crippen LogP contribution in [0.3, 0.4) is 0 Å². The number of aromatic hydroxyl groups is 2. The van der Waals surface area contributed by atoms with Gasteiger partial charge in [0.05, 0.1) is 6.10 Å². The second-order valence-electron chi connectivity index (χ2n) is 5.29. The third-order valence-electron chi connectivity index (χ3n) is 3.42. The molecule has 0 spiro atoms. The van der Waals surface area contributed by atoms with Crippen LogP contribution in [-0.2, 0) is 6.42 Å². The zero-order valence-electron chi connectivity index (χ0n) is 12.0. The molecule has 0 amide bonds. The molecular weight excluding hydrogens is 266 g/mol. The molecule has 0 bridgehead atoms. The van der Waals surface area contributed by atoms with E-state index in [2.05, 4.69) is 12.2 Å². The SMILES string of the molecule is CC(Cc1ccc(O)cc1)NCC(O)c1ccc(O)cc1. The van der Waals surface area contributed by atoms with Crippen LogP contribution in [0.25, 0.3) is 0 Å². The summed E-state index contributed by atoms with van der Waals surface area (Å²) in [5.74, 6) is 0.460. The average Bonchev–Trinajstić information content (AvgIpc) is 2.48. The molecule has 21 heavy (non-hydrogen) atoms. The minimum Gasteiger partial charge on any atom is -0.508 e. The van der Waals surface area contributed by atoms with E-state index in [4.69, 9.17) is 0 Å². The molecule has 0 saturated heterocycles. The molecule has 0 fully saturated rings. The Kier molecular flexibility index (Phi) is 5.20. The van der Waals surface area contributed by atoms with Gasteiger partial charge in [-0.05, 0) is 48.7 Å². The maximum absolute atomic E-state index is 10.1. The van der Waals surface area contributed by atoms with Crippen molar-refractivity contribution in [2.45, 2.75) is 25.5 Å². The van der Waals surface area contributed by atoms with E-state index in [1.54, 1.807) is 36.4 Å². The maximum atomic E-state index is 10.1. The van der Waals surface area contributed by atoms with Gasteiger partial charge in [-0.15, -0.1) is 0 Å². The highest BCUT2D eigenvalue weighted by Crippen LogP contribution is 2.16. The molecule has 2 atom stereocenters. The highest BCUT2D eigenvalue weighted by Gasteiger charge is 2.10. The summed E-state index contributed by atoms with van der Waals surface area (Å²) in [7, 11) is 0. The van der Waals surface area contributed by atoms with Crippen LogP contribution < -0.4 is 5.32 Å². The molecule has 0 aliphatic heterocycles. The predicted octanol–water partition coefficient (Wildman–Crippen LogP) is 2.35. The summed E-state index contributed by atoms with van der Waals surface area (Å²) < 4.78 is 0. The first-order chi connectivity index (χ1) is 10.0. The fraction of sp³-hybridized carbons (Fsp3) is 0.294. The van der Waals surface area contributed by atoms with Gasteiger partial charge in [0.2, 0.25) is 0 Å². The van der Waals surface area contributed by atoms with Gasteiger partial charge in [0.15, 0.2) is 0 Å². The number of hydrogen-bond donors (Lipinski definition) is 4. The lowest BCUT2D eigenvalue weighted by molar-refractivity contribution is 0.170. The van der Waals surface area contributed by atoms with Gasteiger partial charge in [0.25, 0.3) is 0 Å². The largest absolute Gasteiger partial charge is 0.508 e. The van der Waals surface area contributed by atoms with Crippen molar-refractivity contribution in [3.05, 3.63) is 59.7 Å². The Morgan fingerprint density at radius 2 is 1.43 bits per heavy atom. The average molecular weight is 287 g/mol. The summed E-state index contributed by atoms with van der Waals surface area (Å²) in [6.45, 7) is 2.50. The highest BCUT2D eigenvalue weighted by atomic mass is 16.3. The van der Waals surface area contributed by atoms with Gasteiger partial charge in [0, 0.05) is 12.6 Å². The minimum absolute atomic E-state index is 0.194. The van der Waals surface area contributed by atoms with E-state index in [0.717, 1.165) is 17.5 Å². The van der Waals surface area contributed by atoms with Crippen molar-refractivity contribution in [3.8, 4) is 11.5 Å². The van der Waals surface area contributed by atoms with Crippen molar-refractivity contribution in [1.82, 2.24) is 5.32 Å². The molecule has 4 N–H and O–H groups in total. The molecule has 0 aliphatic rings. The Morgan fingerprint density at radius 3 is 2.00 bits per heavy atom. The summed E-state index contributed by atoms with van der Waals surface area (Å²) in [5.41, 5.74) is 1.91. The molecule has 2 rings (SSSR count). The maximum Gasteiger partial charge on any atom is 0.115 e. The number of nitrogens with one attached hydrogen (secondary N) is 1. The summed E-state index contributed by atoms with van der Waals surface area (Å²) in [5, 5.41) is 31.8. The topological polar surface area (TPSA) is 72.7 Å². The number of phenolic OH excluding ortho intramolecular Hbond substituents is 2. The van der Waals surface area contributed by atoms with Crippen molar-refractivity contribution in [2.75, 3.05) is 6.54 Å². The predicted molar refractivity (Wildman–Crippen MR) is 82.3 cm³/mol. The zero-order chi connectivity index (χ0) is 15.2. The normalized spacial score (nSPS) is 13.8. The number of aliphatic hydroxyl groups excluding tert-OH is 1. The molecule has 0 radical (unpaired) electrons. The zero-order valence-corrected chi connectivity index (χ0v) is 12.0. The van der Waals surface area contributed by atoms with E-state index < -0.39 is 6.10 Å². The van der Waals surface area contributed by atoms with Crippen LogP contribution >= 0.6 is 0 Å². The van der Waals surface area contributed by atoms with Crippen LogP contribution in [0.5, 0.6) is 11.5 Å². The Bertz CT molecular complexity index is 551. The summed E-state index contributed by atoms with van der Waals surface area (Å²) in [4.78, 5) is 0. The first kappa shape index (κ1) is 15.4. The van der Waals surface area contributed by atoms with E-state index in [9.17, 15) is 15.3 Å². The van der Waals surface area contributed by atoms with Crippen LogP contribution in [0.4, 0.5) is 0 Å². The second-order valence-corrected chi connectivity index (χ2v) is 5.29. The van der Waals surface area contributed by atoms with Crippen molar-refractivity contribution in [2.24, 2.45) is 0 Å². The van der Waals surface area contributed by atoms with Crippen molar-refractivity contribution < 1.29 is 15.3 Å². The molecule has 0 saturated carbocycles. The molecule has 4 heteroatoms. The third-order valence-corrected chi connectivity index (χ3v) is 3.42. The lowest BCUT2D eigenvalue weighted by atomic mass is 10.1. The summed E-state index contributed by atoms with van der Waals surface area (Å²) in [6.07, 6.45) is 0.218. The fourth-order valence-corrected chi connectivity index (χ4v) is 2.18. The van der Waals surface area contributed by atoms with E-state index in [1.807, 2.05) is 12.1 Å². The van der Waals surface area contributed by atoms with Crippen LogP contribution in [0.2, 0.25) is 0 Å². The molecule has 2 aromatic carbocycles. The van der Waals surface area contributed by atoms with E-state index in [-0.39, 0.29) is 17.5 Å². The number of hydrogen-bond acceptors (Lipinski definition) is 4. The third kappa shape index (κ3) is 4.77. The van der Waals surface area contributed by atoms with E-state index >= 15 is 0 Å². The van der Waals surface area contributed by atoms with Gasteiger partial charge in [-0.1, -0.05) is 24.3 Å². The molecule has 0 aromatic heterocycles. The molecule has 2 aromatic rings.